The van der Waals surface area contributed by atoms with Crippen LogP contribution in [0.25, 0.3) is 0 Å². The van der Waals surface area contributed by atoms with Crippen LogP contribution in [0.1, 0.15) is 50.6 Å². The molecule has 1 N–H and O–H groups in total. The third-order valence-corrected chi connectivity index (χ3v) is 7.27. The zero-order valence-corrected chi connectivity index (χ0v) is 21.5. The van der Waals surface area contributed by atoms with E-state index in [0.717, 1.165) is 36.3 Å². The number of fused-ring (bicyclic) bond motifs is 3. The van der Waals surface area contributed by atoms with Crippen LogP contribution in [0.2, 0.25) is 0 Å². The Kier molecular flexibility index (Phi) is 6.90. The topological polar surface area (TPSA) is 77.7 Å². The summed E-state index contributed by atoms with van der Waals surface area (Å²) in [4.78, 5) is 13.5. The second-order valence-corrected chi connectivity index (χ2v) is 9.82. The van der Waals surface area contributed by atoms with Crippen LogP contribution in [-0.4, -0.2) is 29.3 Å². The fraction of sp³-hybridized carbons (Fsp3) is 0.182. The molecule has 2 heterocycles. The van der Waals surface area contributed by atoms with Crippen LogP contribution in [-0.2, 0) is 13.0 Å². The summed E-state index contributed by atoms with van der Waals surface area (Å²) in [6.45, 7) is 1.76. The van der Waals surface area contributed by atoms with Gasteiger partial charge in [0.25, 0.3) is 6.23 Å². The molecule has 2 atom stereocenters. The highest BCUT2D eigenvalue weighted by Crippen LogP contribution is 2.43. The molecule has 6 heteroatoms. The lowest BCUT2D eigenvalue weighted by molar-refractivity contribution is -0.00455. The van der Waals surface area contributed by atoms with Crippen molar-refractivity contribution < 1.29 is 9.53 Å². The Morgan fingerprint density at radius 1 is 0.923 bits per heavy atom. The lowest BCUT2D eigenvalue weighted by Crippen LogP contribution is -2.45. The van der Waals surface area contributed by atoms with Gasteiger partial charge in [-0.15, -0.1) is 0 Å². The highest BCUT2D eigenvalue weighted by molar-refractivity contribution is 6.03. The maximum absolute atomic E-state index is 13.5. The van der Waals surface area contributed by atoms with Gasteiger partial charge in [0.15, 0.2) is 0 Å². The van der Waals surface area contributed by atoms with E-state index >= 15 is 0 Å². The number of Topliss-reactive ketones (excluding diaryl/α,β-unsaturated/α-hetero) is 1. The molecule has 0 aromatic heterocycles. The molecule has 6 nitrogen and oxygen atoms in total. The van der Waals surface area contributed by atoms with E-state index in [2.05, 4.69) is 59.9 Å². The van der Waals surface area contributed by atoms with E-state index in [9.17, 15) is 4.79 Å². The molecule has 0 bridgehead atoms. The largest absolute Gasteiger partial charge is 0.461 e. The van der Waals surface area contributed by atoms with Crippen molar-refractivity contribution in [2.24, 2.45) is 5.10 Å². The first-order valence-corrected chi connectivity index (χ1v) is 13.2. The van der Waals surface area contributed by atoms with Gasteiger partial charge in [0.1, 0.15) is 5.75 Å². The van der Waals surface area contributed by atoms with E-state index in [0.29, 0.717) is 23.3 Å². The zero-order valence-electron chi connectivity index (χ0n) is 21.5. The van der Waals surface area contributed by atoms with Crippen molar-refractivity contribution in [3.63, 3.8) is 0 Å². The first kappa shape index (κ1) is 24.6. The molecule has 4 aromatic rings. The number of hydrogen-bond donors (Lipinski definition) is 1. The normalized spacial score (nSPS) is 17.4. The summed E-state index contributed by atoms with van der Waals surface area (Å²) < 4.78 is 6.21. The summed E-state index contributed by atoms with van der Waals surface area (Å²) in [6, 6.07) is 35.5. The highest BCUT2D eigenvalue weighted by atomic mass is 16.5. The number of nitrogens with one attached hydrogen (secondary N) is 1. The molecule has 192 valence electrons. The van der Waals surface area contributed by atoms with Gasteiger partial charge in [0.2, 0.25) is 5.78 Å². The number of rotatable bonds is 8. The Morgan fingerprint density at radius 3 is 2.44 bits per heavy atom. The van der Waals surface area contributed by atoms with E-state index in [-0.39, 0.29) is 11.8 Å². The zero-order chi connectivity index (χ0) is 26.6. The Labute approximate surface area is 228 Å². The molecule has 0 aliphatic carbocycles. The molecule has 0 amide bonds. The molecule has 0 spiro atoms. The maximum atomic E-state index is 13.5. The molecule has 2 unspecified atom stereocenters. The lowest BCUT2D eigenvalue weighted by atomic mass is 9.95. The van der Waals surface area contributed by atoms with Crippen LogP contribution in [0.15, 0.2) is 108 Å². The number of ketones is 1. The first-order valence-electron chi connectivity index (χ1n) is 13.2. The summed E-state index contributed by atoms with van der Waals surface area (Å²) in [5, 5.41) is 19.3. The Morgan fingerprint density at radius 2 is 1.67 bits per heavy atom. The minimum atomic E-state index is -0.870. The summed E-state index contributed by atoms with van der Waals surface area (Å²) in [6.07, 6.45) is 0.761. The molecular formula is C33H28N4O2. The number of ether oxygens (including phenoxy) is 1. The van der Waals surface area contributed by atoms with Gasteiger partial charge in [0.05, 0.1) is 23.4 Å². The van der Waals surface area contributed by atoms with Gasteiger partial charge in [-0.1, -0.05) is 72.8 Å². The monoisotopic (exact) mass is 512 g/mol. The summed E-state index contributed by atoms with van der Waals surface area (Å²) in [5.74, 6) is 0.530. The van der Waals surface area contributed by atoms with Crippen LogP contribution in [0, 0.1) is 11.3 Å². The quantitative estimate of drug-likeness (QED) is 0.244. The molecule has 2 aliphatic rings. The number of nitriles is 1. The van der Waals surface area contributed by atoms with Gasteiger partial charge in [-0.3, -0.25) is 4.79 Å². The minimum Gasteiger partial charge on any atom is -0.461 e. The predicted molar refractivity (Wildman–Crippen MR) is 150 cm³/mol. The second kappa shape index (κ2) is 10.9. The third-order valence-electron chi connectivity index (χ3n) is 7.27. The molecule has 4 aromatic carbocycles. The van der Waals surface area contributed by atoms with E-state index < -0.39 is 6.23 Å². The summed E-state index contributed by atoms with van der Waals surface area (Å²) in [7, 11) is 0. The van der Waals surface area contributed by atoms with Crippen molar-refractivity contribution in [1.29, 1.82) is 5.26 Å². The van der Waals surface area contributed by atoms with Crippen LogP contribution >= 0.6 is 0 Å². The first-order chi connectivity index (χ1) is 19.2. The van der Waals surface area contributed by atoms with Crippen LogP contribution in [0.5, 0.6) is 5.75 Å². The molecule has 39 heavy (non-hydrogen) atoms. The molecular weight excluding hydrogens is 484 g/mol. The lowest BCUT2D eigenvalue weighted by Gasteiger charge is -2.37. The number of benzene rings is 4. The molecule has 6 rings (SSSR count). The predicted octanol–water partition coefficient (Wildman–Crippen LogP) is 5.64. The average Bonchev–Trinajstić information content (AvgIpc) is 3.45. The van der Waals surface area contributed by atoms with Gasteiger partial charge >= 0.3 is 0 Å². The number of carbonyl (C=O) groups excluding carboxylic acids is 1. The summed E-state index contributed by atoms with van der Waals surface area (Å²) >= 11 is 0. The van der Waals surface area contributed by atoms with Crippen LogP contribution in [0.3, 0.4) is 0 Å². The fourth-order valence-corrected chi connectivity index (χ4v) is 5.16. The average molecular weight is 513 g/mol. The van der Waals surface area contributed by atoms with Gasteiger partial charge in [-0.2, -0.15) is 10.4 Å². The van der Waals surface area contributed by atoms with Gasteiger partial charge in [-0.25, -0.2) is 5.01 Å². The van der Waals surface area contributed by atoms with Crippen molar-refractivity contribution in [3.8, 4) is 11.8 Å². The fourth-order valence-electron chi connectivity index (χ4n) is 5.16. The molecule has 0 radical (unpaired) electrons. The van der Waals surface area contributed by atoms with Gasteiger partial charge < -0.3 is 10.1 Å². The number of carbonyl (C=O) groups is 1. The number of hydrogen-bond acceptors (Lipinski definition) is 6. The molecule has 0 saturated heterocycles. The molecule has 2 aliphatic heterocycles. The van der Waals surface area contributed by atoms with Crippen molar-refractivity contribution in [1.82, 2.24) is 10.3 Å². The highest BCUT2D eigenvalue weighted by Gasteiger charge is 2.43. The van der Waals surface area contributed by atoms with E-state index in [1.165, 1.54) is 11.1 Å². The van der Waals surface area contributed by atoms with Crippen molar-refractivity contribution >= 4 is 11.5 Å². The van der Waals surface area contributed by atoms with Crippen molar-refractivity contribution in [2.45, 2.75) is 31.7 Å². The van der Waals surface area contributed by atoms with Crippen molar-refractivity contribution in [2.75, 3.05) is 6.54 Å². The minimum absolute atomic E-state index is 0.0841. The van der Waals surface area contributed by atoms with Crippen LogP contribution < -0.4 is 10.1 Å². The van der Waals surface area contributed by atoms with Gasteiger partial charge in [0, 0.05) is 24.1 Å². The Hall–Kier alpha value is -4.73. The Bertz CT molecular complexity index is 1540. The van der Waals surface area contributed by atoms with Crippen LogP contribution in [0.4, 0.5) is 0 Å². The SMILES string of the molecule is N#Cc1ccc(C(=O)C2Oc3ccccc3C3CC(c4ccc(CCNCc5ccccc5)cc4)=NN23)cc1. The number of nitrogens with zero attached hydrogens (tertiary/aromatic N) is 3. The van der Waals surface area contributed by atoms with E-state index in [4.69, 9.17) is 15.1 Å². The number of hydrazone groups is 1. The second-order valence-electron chi connectivity index (χ2n) is 9.82. The van der Waals surface area contributed by atoms with Crippen molar-refractivity contribution in [3.05, 3.63) is 137 Å². The van der Waals surface area contributed by atoms with Gasteiger partial charge in [-0.05, 0) is 60.0 Å². The Balaban J connectivity index is 1.18. The number of para-hydroxylation sites is 1. The smallest absolute Gasteiger partial charge is 0.251 e. The third kappa shape index (κ3) is 5.18. The molecule has 0 saturated carbocycles. The maximum Gasteiger partial charge on any atom is 0.251 e. The van der Waals surface area contributed by atoms with E-state index in [1.807, 2.05) is 30.3 Å². The summed E-state index contributed by atoms with van der Waals surface area (Å²) in [5.41, 5.74) is 6.56. The van der Waals surface area contributed by atoms with E-state index in [1.54, 1.807) is 29.3 Å². The molecule has 0 fully saturated rings. The standard InChI is InChI=1S/C33H28N4O2/c34-21-24-12-16-27(17-13-24)32(38)33-37-30(28-8-4-5-9-31(28)39-33)20-29(36-37)26-14-10-23(11-15-26)18-19-35-22-25-6-2-1-3-7-25/h1-17,30,33,35H,18-20,22H2.